The molecule has 8 heteroatoms. The summed E-state index contributed by atoms with van der Waals surface area (Å²) in [6, 6.07) is 13.4. The molecule has 130 valence electrons. The van der Waals surface area contributed by atoms with E-state index in [9.17, 15) is 4.79 Å². The first-order valence-electron chi connectivity index (χ1n) is 6.97. The summed E-state index contributed by atoms with van der Waals surface area (Å²) in [6.45, 7) is 3.99. The molecule has 4 N–H and O–H groups in total. The Morgan fingerprint density at radius 1 is 0.958 bits per heavy atom. The van der Waals surface area contributed by atoms with Gasteiger partial charge in [-0.25, -0.2) is 0 Å². The third-order valence-electron chi connectivity index (χ3n) is 3.16. The van der Waals surface area contributed by atoms with Crippen LogP contribution in [0.5, 0.6) is 0 Å². The zero-order valence-electron chi connectivity index (χ0n) is 13.6. The molecular weight excluding hydrogens is 332 g/mol. The van der Waals surface area contributed by atoms with Crippen LogP contribution < -0.4 is 10.6 Å². The van der Waals surface area contributed by atoms with Crippen LogP contribution in [0.25, 0.3) is 0 Å². The van der Waals surface area contributed by atoms with E-state index in [1.54, 1.807) is 0 Å². The number of amides is 1. The second-order valence-corrected chi connectivity index (χ2v) is 5.89. The molecule has 0 heterocycles. The maximum atomic E-state index is 12.2. The van der Waals surface area contributed by atoms with Crippen molar-refractivity contribution < 1.29 is 22.3 Å². The zero-order valence-corrected chi connectivity index (χ0v) is 14.4. The maximum absolute atomic E-state index is 12.2. The average molecular weight is 352 g/mol. The molecule has 0 radical (unpaired) electrons. The molecule has 2 aromatic carbocycles. The van der Waals surface area contributed by atoms with Gasteiger partial charge in [0.15, 0.2) is 0 Å². The highest BCUT2D eigenvalue weighted by Gasteiger charge is 2.09. The number of benzene rings is 2. The zero-order chi connectivity index (χ0) is 18.3. The Kier molecular flexibility index (Phi) is 6.90. The summed E-state index contributed by atoms with van der Waals surface area (Å²) in [7, 11) is -2.81. The van der Waals surface area contributed by atoms with E-state index >= 15 is 0 Å². The molecular formula is C16H20N2O5S. The molecule has 0 aliphatic carbocycles. The molecule has 2 rings (SSSR count). The molecule has 0 unspecified atom stereocenters. The van der Waals surface area contributed by atoms with Gasteiger partial charge < -0.3 is 10.6 Å². The lowest BCUT2D eigenvalue weighted by molar-refractivity contribution is 0.102. The Morgan fingerprint density at radius 2 is 1.42 bits per heavy atom. The number of hydrogen-bond donors (Lipinski definition) is 4. The van der Waals surface area contributed by atoms with Gasteiger partial charge in [0.1, 0.15) is 0 Å². The molecule has 0 aromatic heterocycles. The van der Waals surface area contributed by atoms with Crippen molar-refractivity contribution in [3.05, 3.63) is 59.2 Å². The number of rotatable bonds is 3. The van der Waals surface area contributed by atoms with Crippen LogP contribution in [0.3, 0.4) is 0 Å². The number of anilines is 2. The predicted molar refractivity (Wildman–Crippen MR) is 94.0 cm³/mol. The van der Waals surface area contributed by atoms with Gasteiger partial charge in [-0.05, 0) is 49.2 Å². The molecule has 1 amide bonds. The third-order valence-corrected chi connectivity index (χ3v) is 3.16. The van der Waals surface area contributed by atoms with Gasteiger partial charge in [-0.2, -0.15) is 8.42 Å². The topological polar surface area (TPSA) is 116 Å². The summed E-state index contributed by atoms with van der Waals surface area (Å²) in [4.78, 5) is 12.2. The average Bonchev–Trinajstić information content (AvgIpc) is 2.49. The lowest BCUT2D eigenvalue weighted by atomic mass is 10.1. The van der Waals surface area contributed by atoms with Gasteiger partial charge in [0.2, 0.25) is 0 Å². The van der Waals surface area contributed by atoms with Crippen molar-refractivity contribution in [2.24, 2.45) is 0 Å². The summed E-state index contributed by atoms with van der Waals surface area (Å²) >= 11 is 0. The summed E-state index contributed by atoms with van der Waals surface area (Å²) in [5.74, 6) is -0.0833. The molecule has 2 aromatic rings. The van der Waals surface area contributed by atoms with Gasteiger partial charge >= 0.3 is 10.4 Å². The van der Waals surface area contributed by atoms with E-state index in [0.717, 1.165) is 22.5 Å². The molecule has 0 saturated heterocycles. The second-order valence-electron chi connectivity index (χ2n) is 5.00. The van der Waals surface area contributed by atoms with Gasteiger partial charge in [0.05, 0.1) is 0 Å². The first-order chi connectivity index (χ1) is 11.1. The number of carbonyl (C=O) groups excluding carboxylic acids is 1. The second kappa shape index (κ2) is 8.44. The van der Waals surface area contributed by atoms with E-state index in [1.807, 2.05) is 63.4 Å². The quantitative estimate of drug-likeness (QED) is 0.631. The molecule has 0 fully saturated rings. The molecule has 0 aliphatic rings. The maximum Gasteiger partial charge on any atom is 0.394 e. The fraction of sp³-hybridized carbons (Fsp3) is 0.188. The number of carbonyl (C=O) groups is 1. The number of hydrogen-bond acceptors (Lipinski definition) is 4. The minimum atomic E-state index is -4.67. The molecule has 0 saturated carbocycles. The first kappa shape index (κ1) is 19.6. The lowest BCUT2D eigenvalue weighted by Gasteiger charge is -2.11. The molecule has 7 nitrogen and oxygen atoms in total. The lowest BCUT2D eigenvalue weighted by Crippen LogP contribution is -2.13. The van der Waals surface area contributed by atoms with Gasteiger partial charge in [-0.15, -0.1) is 0 Å². The smallest absolute Gasteiger partial charge is 0.388 e. The van der Waals surface area contributed by atoms with Crippen molar-refractivity contribution in [3.8, 4) is 0 Å². The summed E-state index contributed by atoms with van der Waals surface area (Å²) in [5.41, 5.74) is 4.68. The van der Waals surface area contributed by atoms with Crippen LogP contribution in [0.2, 0.25) is 0 Å². The van der Waals surface area contributed by atoms with Gasteiger partial charge in [0.25, 0.3) is 5.91 Å². The minimum Gasteiger partial charge on any atom is -0.388 e. The van der Waals surface area contributed by atoms with Crippen LogP contribution >= 0.6 is 0 Å². The highest BCUT2D eigenvalue weighted by Crippen LogP contribution is 2.20. The van der Waals surface area contributed by atoms with Crippen molar-refractivity contribution in [2.45, 2.75) is 13.8 Å². The van der Waals surface area contributed by atoms with E-state index in [1.165, 1.54) is 0 Å². The van der Waals surface area contributed by atoms with Gasteiger partial charge in [-0.1, -0.05) is 18.2 Å². The largest absolute Gasteiger partial charge is 0.394 e. The molecule has 0 atom stereocenters. The molecule has 0 aliphatic heterocycles. The standard InChI is InChI=1S/C16H18N2O.H2O4S/c1-11-5-4-6-12(2)15(11)18-16(19)13-7-9-14(17-3)10-8-13;1-5(2,3)4/h4-10,17H,1-3H3,(H,18,19);(H2,1,2,3,4). The van der Waals surface area contributed by atoms with E-state index in [-0.39, 0.29) is 5.91 Å². The molecule has 0 bridgehead atoms. The Bertz CT molecular complexity index is 773. The van der Waals surface area contributed by atoms with E-state index < -0.39 is 10.4 Å². The summed E-state index contributed by atoms with van der Waals surface area (Å²) < 4.78 is 31.6. The van der Waals surface area contributed by atoms with Crippen molar-refractivity contribution in [2.75, 3.05) is 17.7 Å². The van der Waals surface area contributed by atoms with Crippen LogP contribution in [0.4, 0.5) is 11.4 Å². The van der Waals surface area contributed by atoms with Crippen LogP contribution in [-0.4, -0.2) is 30.5 Å². The SMILES string of the molecule is CNc1ccc(C(=O)Nc2c(C)cccc2C)cc1.O=S(=O)(O)O. The summed E-state index contributed by atoms with van der Waals surface area (Å²) in [6.07, 6.45) is 0. The fourth-order valence-electron chi connectivity index (χ4n) is 1.99. The minimum absolute atomic E-state index is 0.0833. The Morgan fingerprint density at radius 3 is 1.83 bits per heavy atom. The Labute approximate surface area is 141 Å². The van der Waals surface area contributed by atoms with Crippen LogP contribution in [0, 0.1) is 13.8 Å². The molecule has 0 spiro atoms. The number of aryl methyl sites for hydroxylation is 2. The van der Waals surface area contributed by atoms with Gasteiger partial charge in [0, 0.05) is 24.0 Å². The van der Waals surface area contributed by atoms with Gasteiger partial charge in [-0.3, -0.25) is 13.9 Å². The number of para-hydroxylation sites is 1. The van der Waals surface area contributed by atoms with E-state index in [2.05, 4.69) is 10.6 Å². The monoisotopic (exact) mass is 352 g/mol. The predicted octanol–water partition coefficient (Wildman–Crippen LogP) is 2.94. The Hall–Kier alpha value is -2.42. The highest BCUT2D eigenvalue weighted by molar-refractivity contribution is 7.79. The third kappa shape index (κ3) is 6.78. The fourth-order valence-corrected chi connectivity index (χ4v) is 1.99. The van der Waals surface area contributed by atoms with Crippen LogP contribution in [0.1, 0.15) is 21.5 Å². The molecule has 24 heavy (non-hydrogen) atoms. The van der Waals surface area contributed by atoms with Crippen LogP contribution in [-0.2, 0) is 10.4 Å². The first-order valence-corrected chi connectivity index (χ1v) is 8.36. The Balaban J connectivity index is 0.000000505. The van der Waals surface area contributed by atoms with Crippen molar-refractivity contribution in [3.63, 3.8) is 0 Å². The normalized spacial score (nSPS) is 10.4. The van der Waals surface area contributed by atoms with Crippen LogP contribution in [0.15, 0.2) is 42.5 Å². The van der Waals surface area contributed by atoms with E-state index in [0.29, 0.717) is 5.56 Å². The van der Waals surface area contributed by atoms with E-state index in [4.69, 9.17) is 17.5 Å². The summed E-state index contributed by atoms with van der Waals surface area (Å²) in [5, 5.41) is 6.00. The highest BCUT2D eigenvalue weighted by atomic mass is 32.3. The van der Waals surface area contributed by atoms with Crippen molar-refractivity contribution in [1.82, 2.24) is 0 Å². The number of nitrogens with one attached hydrogen (secondary N) is 2. The van der Waals surface area contributed by atoms with Crippen molar-refractivity contribution >= 4 is 27.7 Å². The van der Waals surface area contributed by atoms with Crippen molar-refractivity contribution in [1.29, 1.82) is 0 Å².